The number of nitrogens with one attached hydrogen (secondary N) is 1. The van der Waals surface area contributed by atoms with Gasteiger partial charge >= 0.3 is 0 Å². The van der Waals surface area contributed by atoms with Crippen LogP contribution in [0.4, 0.5) is 5.69 Å². The fraction of sp³-hybridized carbons (Fsp3) is 0.259. The van der Waals surface area contributed by atoms with Crippen molar-refractivity contribution >= 4 is 50.7 Å². The molecule has 0 saturated carbocycles. The van der Waals surface area contributed by atoms with Gasteiger partial charge in [0.25, 0.3) is 10.0 Å². The normalized spacial score (nSPS) is 12.0. The highest BCUT2D eigenvalue weighted by atomic mass is 35.5. The first-order valence-corrected chi connectivity index (χ1v) is 14.0. The van der Waals surface area contributed by atoms with E-state index >= 15 is 0 Å². The molecule has 1 unspecified atom stereocenters. The van der Waals surface area contributed by atoms with Crippen LogP contribution in [0.1, 0.15) is 25.8 Å². The molecule has 0 fully saturated rings. The summed E-state index contributed by atoms with van der Waals surface area (Å²) in [4.78, 5) is 28.0. The summed E-state index contributed by atoms with van der Waals surface area (Å²) in [5.74, 6) is -0.934. The van der Waals surface area contributed by atoms with Gasteiger partial charge in [-0.3, -0.25) is 13.9 Å². The molecule has 1 atom stereocenters. The summed E-state index contributed by atoms with van der Waals surface area (Å²) >= 11 is 12.7. The van der Waals surface area contributed by atoms with E-state index in [1.807, 2.05) is 6.92 Å². The standard InChI is InChI=1S/C27H29Cl2N3O4S/c1-3-17-30-27(34)20(2)31(18-21-11-7-8-14-23(21)28)26(33)19-32(25-16-10-9-15-24(25)29)37(35,36)22-12-5-4-6-13-22/h4-16,20H,3,17-19H2,1-2H3,(H,30,34). The monoisotopic (exact) mass is 561 g/mol. The summed E-state index contributed by atoms with van der Waals surface area (Å²) in [5, 5.41) is 3.40. The summed E-state index contributed by atoms with van der Waals surface area (Å²) in [6, 6.07) is 20.3. The average molecular weight is 563 g/mol. The Morgan fingerprint density at radius 1 is 0.892 bits per heavy atom. The topological polar surface area (TPSA) is 86.8 Å². The molecule has 1 N–H and O–H groups in total. The fourth-order valence-electron chi connectivity index (χ4n) is 3.68. The zero-order valence-corrected chi connectivity index (χ0v) is 22.9. The van der Waals surface area contributed by atoms with Crippen molar-refractivity contribution < 1.29 is 18.0 Å². The van der Waals surface area contributed by atoms with Crippen LogP contribution < -0.4 is 9.62 Å². The first-order valence-electron chi connectivity index (χ1n) is 11.8. The van der Waals surface area contributed by atoms with Crippen LogP contribution >= 0.6 is 23.2 Å². The number of benzene rings is 3. The van der Waals surface area contributed by atoms with E-state index in [0.29, 0.717) is 17.1 Å². The lowest BCUT2D eigenvalue weighted by atomic mass is 10.1. The number of sulfonamides is 1. The van der Waals surface area contributed by atoms with E-state index in [1.165, 1.54) is 23.1 Å². The predicted molar refractivity (Wildman–Crippen MR) is 147 cm³/mol. The first-order chi connectivity index (χ1) is 17.7. The first kappa shape index (κ1) is 28.5. The summed E-state index contributed by atoms with van der Waals surface area (Å²) in [7, 11) is -4.17. The van der Waals surface area contributed by atoms with Gasteiger partial charge in [-0.25, -0.2) is 8.42 Å². The smallest absolute Gasteiger partial charge is 0.264 e. The van der Waals surface area contributed by atoms with Gasteiger partial charge in [0.2, 0.25) is 11.8 Å². The molecule has 0 aliphatic heterocycles. The second kappa shape index (κ2) is 12.9. The number of nitrogens with zero attached hydrogens (tertiary/aromatic N) is 2. The molecule has 0 bridgehead atoms. The second-order valence-electron chi connectivity index (χ2n) is 8.36. The number of halogens is 2. The third kappa shape index (κ3) is 7.03. The Hall–Kier alpha value is -3.07. The van der Waals surface area contributed by atoms with Crippen LogP contribution in [0.3, 0.4) is 0 Å². The Labute approximate surface area is 228 Å². The third-order valence-corrected chi connectivity index (χ3v) is 8.21. The predicted octanol–water partition coefficient (Wildman–Crippen LogP) is 5.13. The van der Waals surface area contributed by atoms with Crippen LogP contribution in [0.15, 0.2) is 83.8 Å². The van der Waals surface area contributed by atoms with Crippen molar-refractivity contribution in [2.24, 2.45) is 0 Å². The molecule has 0 spiro atoms. The third-order valence-electron chi connectivity index (χ3n) is 5.75. The zero-order chi connectivity index (χ0) is 27.0. The van der Waals surface area contributed by atoms with Gasteiger partial charge in [0, 0.05) is 18.1 Å². The second-order valence-corrected chi connectivity index (χ2v) is 11.0. The van der Waals surface area contributed by atoms with E-state index in [1.54, 1.807) is 67.6 Å². The van der Waals surface area contributed by atoms with Crippen LogP contribution in [0.25, 0.3) is 0 Å². The molecular weight excluding hydrogens is 533 g/mol. The molecule has 7 nitrogen and oxygen atoms in total. The van der Waals surface area contributed by atoms with Gasteiger partial charge in [-0.05, 0) is 49.2 Å². The number of amides is 2. The highest BCUT2D eigenvalue weighted by molar-refractivity contribution is 7.92. The van der Waals surface area contributed by atoms with E-state index in [0.717, 1.165) is 10.7 Å². The van der Waals surface area contributed by atoms with Crippen LogP contribution in [0.2, 0.25) is 10.0 Å². The molecule has 37 heavy (non-hydrogen) atoms. The lowest BCUT2D eigenvalue weighted by Gasteiger charge is -2.32. The molecule has 0 radical (unpaired) electrons. The number of para-hydroxylation sites is 1. The Bertz CT molecular complexity index is 1340. The van der Waals surface area contributed by atoms with E-state index in [4.69, 9.17) is 23.2 Å². The van der Waals surface area contributed by atoms with Gasteiger partial charge in [0.15, 0.2) is 0 Å². The maximum absolute atomic E-state index is 13.8. The van der Waals surface area contributed by atoms with Crippen LogP contribution in [-0.4, -0.2) is 44.3 Å². The van der Waals surface area contributed by atoms with Crippen molar-refractivity contribution in [1.82, 2.24) is 10.2 Å². The number of hydrogen-bond acceptors (Lipinski definition) is 4. The van der Waals surface area contributed by atoms with E-state index in [2.05, 4.69) is 5.32 Å². The van der Waals surface area contributed by atoms with Crippen molar-refractivity contribution in [2.45, 2.75) is 37.8 Å². The van der Waals surface area contributed by atoms with Gasteiger partial charge in [0.1, 0.15) is 12.6 Å². The molecule has 2 amide bonds. The molecule has 196 valence electrons. The highest BCUT2D eigenvalue weighted by Gasteiger charge is 2.33. The molecule has 0 aliphatic rings. The molecule has 0 aromatic heterocycles. The van der Waals surface area contributed by atoms with Gasteiger partial charge in [-0.2, -0.15) is 0 Å². The Balaban J connectivity index is 2.03. The molecule has 3 aromatic carbocycles. The lowest BCUT2D eigenvalue weighted by molar-refractivity contribution is -0.139. The van der Waals surface area contributed by atoms with Crippen molar-refractivity contribution in [3.8, 4) is 0 Å². The molecule has 0 heterocycles. The summed E-state index contributed by atoms with van der Waals surface area (Å²) in [6.07, 6.45) is 0.729. The number of anilines is 1. The van der Waals surface area contributed by atoms with E-state index in [9.17, 15) is 18.0 Å². The molecule has 3 aromatic rings. The zero-order valence-electron chi connectivity index (χ0n) is 20.6. The van der Waals surface area contributed by atoms with Crippen LogP contribution in [0.5, 0.6) is 0 Å². The van der Waals surface area contributed by atoms with Crippen molar-refractivity contribution in [2.75, 3.05) is 17.4 Å². The Kier molecular flexibility index (Phi) is 9.97. The minimum absolute atomic E-state index is 0.00844. The summed E-state index contributed by atoms with van der Waals surface area (Å²) < 4.78 is 28.4. The lowest BCUT2D eigenvalue weighted by Crippen LogP contribution is -2.51. The van der Waals surface area contributed by atoms with E-state index in [-0.39, 0.29) is 28.1 Å². The van der Waals surface area contributed by atoms with Crippen molar-refractivity contribution in [3.63, 3.8) is 0 Å². The SMILES string of the molecule is CCCNC(=O)C(C)N(Cc1ccccc1Cl)C(=O)CN(c1ccccc1Cl)S(=O)(=O)c1ccccc1. The quantitative estimate of drug-likeness (QED) is 0.351. The largest absolute Gasteiger partial charge is 0.354 e. The molecule has 3 rings (SSSR count). The van der Waals surface area contributed by atoms with Crippen molar-refractivity contribution in [3.05, 3.63) is 94.5 Å². The number of carbonyl (C=O) groups excluding carboxylic acids is 2. The van der Waals surface area contributed by atoms with Gasteiger partial charge < -0.3 is 10.2 Å². The summed E-state index contributed by atoms with van der Waals surface area (Å²) in [6.45, 7) is 3.42. The number of rotatable bonds is 11. The molecule has 0 saturated heterocycles. The maximum atomic E-state index is 13.8. The van der Waals surface area contributed by atoms with Gasteiger partial charge in [-0.1, -0.05) is 78.7 Å². The van der Waals surface area contributed by atoms with Crippen LogP contribution in [-0.2, 0) is 26.2 Å². The Morgan fingerprint density at radius 3 is 2.11 bits per heavy atom. The number of hydrogen-bond donors (Lipinski definition) is 1. The average Bonchev–Trinajstić information content (AvgIpc) is 2.90. The van der Waals surface area contributed by atoms with Crippen LogP contribution in [0, 0.1) is 0 Å². The molecular formula is C27H29Cl2N3O4S. The fourth-order valence-corrected chi connectivity index (χ4v) is 5.61. The minimum atomic E-state index is -4.17. The maximum Gasteiger partial charge on any atom is 0.264 e. The Morgan fingerprint density at radius 2 is 1.49 bits per heavy atom. The number of carbonyl (C=O) groups is 2. The highest BCUT2D eigenvalue weighted by Crippen LogP contribution is 2.31. The van der Waals surface area contributed by atoms with Gasteiger partial charge in [0.05, 0.1) is 15.6 Å². The molecule has 10 heteroatoms. The van der Waals surface area contributed by atoms with E-state index < -0.39 is 28.5 Å². The molecule has 0 aliphatic carbocycles. The minimum Gasteiger partial charge on any atom is -0.354 e. The van der Waals surface area contributed by atoms with Crippen molar-refractivity contribution in [1.29, 1.82) is 0 Å². The summed E-state index contributed by atoms with van der Waals surface area (Å²) in [5.41, 5.74) is 0.782. The van der Waals surface area contributed by atoms with Gasteiger partial charge in [-0.15, -0.1) is 0 Å².